The zero-order valence-electron chi connectivity index (χ0n) is 14.6. The number of nitrogens with zero attached hydrogens (tertiary/aromatic N) is 4. The van der Waals surface area contributed by atoms with Gasteiger partial charge in [0.15, 0.2) is 0 Å². The lowest BCUT2D eigenvalue weighted by Crippen LogP contribution is -2.49. The Labute approximate surface area is 165 Å². The van der Waals surface area contributed by atoms with Gasteiger partial charge in [-0.2, -0.15) is 10.5 Å². The molecule has 6 nitrogen and oxygen atoms in total. The molecule has 1 aliphatic rings. The summed E-state index contributed by atoms with van der Waals surface area (Å²) in [6.45, 7) is 3.19. The zero-order valence-corrected chi connectivity index (χ0v) is 16.3. The molecule has 0 spiro atoms. The van der Waals surface area contributed by atoms with E-state index in [1.54, 1.807) is 41.6 Å². The number of aliphatic imine (C=N–C) groups is 1. The van der Waals surface area contributed by atoms with Crippen molar-refractivity contribution >= 4 is 39.8 Å². The van der Waals surface area contributed by atoms with E-state index in [2.05, 4.69) is 17.6 Å². The van der Waals surface area contributed by atoms with Crippen LogP contribution in [0.5, 0.6) is 0 Å². The lowest BCUT2D eigenvalue weighted by atomic mass is 9.95. The minimum atomic E-state index is -1.77. The number of hydrogen-bond acceptors (Lipinski definition) is 6. The second kappa shape index (κ2) is 9.20. The molecule has 2 aromatic heterocycles. The van der Waals surface area contributed by atoms with E-state index in [0.29, 0.717) is 15.3 Å². The lowest BCUT2D eigenvalue weighted by Gasteiger charge is -2.21. The van der Waals surface area contributed by atoms with E-state index in [-0.39, 0.29) is 16.9 Å². The fourth-order valence-electron chi connectivity index (χ4n) is 2.36. The van der Waals surface area contributed by atoms with Crippen LogP contribution < -0.4 is 5.73 Å². The van der Waals surface area contributed by atoms with Gasteiger partial charge >= 0.3 is 0 Å². The summed E-state index contributed by atoms with van der Waals surface area (Å²) in [5, 5.41) is 42.6. The van der Waals surface area contributed by atoms with Crippen LogP contribution in [-0.2, 0) is 5.72 Å². The molecule has 0 amide bonds. The molecule has 1 atom stereocenters. The number of nitriles is 2. The molecular formula is C19H17N5OS2. The van der Waals surface area contributed by atoms with Crippen molar-refractivity contribution in [1.29, 1.82) is 10.5 Å². The molecule has 27 heavy (non-hydrogen) atoms. The van der Waals surface area contributed by atoms with E-state index < -0.39 is 5.72 Å². The van der Waals surface area contributed by atoms with Crippen LogP contribution >= 0.6 is 22.7 Å². The second-order valence-electron chi connectivity index (χ2n) is 5.40. The summed E-state index contributed by atoms with van der Waals surface area (Å²) >= 11 is 2.65. The predicted molar refractivity (Wildman–Crippen MR) is 108 cm³/mol. The van der Waals surface area contributed by atoms with Crippen molar-refractivity contribution in [2.24, 2.45) is 4.99 Å². The van der Waals surface area contributed by atoms with E-state index in [4.69, 9.17) is 10.7 Å². The van der Waals surface area contributed by atoms with E-state index in [0.717, 1.165) is 6.54 Å². The van der Waals surface area contributed by atoms with Gasteiger partial charge in [-0.05, 0) is 29.3 Å². The van der Waals surface area contributed by atoms with Crippen LogP contribution in [0.3, 0.4) is 0 Å². The van der Waals surface area contributed by atoms with Crippen molar-refractivity contribution < 1.29 is 10.8 Å². The summed E-state index contributed by atoms with van der Waals surface area (Å²) in [5.41, 5.74) is 1.86. The Morgan fingerprint density at radius 3 is 2.41 bits per heavy atom. The predicted octanol–water partition coefficient (Wildman–Crippen LogP) is 2.71. The van der Waals surface area contributed by atoms with Crippen LogP contribution in [0.1, 0.15) is 23.1 Å². The maximum Gasteiger partial charge on any atom is 0.221 e. The van der Waals surface area contributed by atoms with Gasteiger partial charge in [0.2, 0.25) is 5.72 Å². The smallest absolute Gasteiger partial charge is 0.221 e. The van der Waals surface area contributed by atoms with Gasteiger partial charge in [-0.15, -0.1) is 22.7 Å². The highest BCUT2D eigenvalue weighted by Gasteiger charge is 2.45. The summed E-state index contributed by atoms with van der Waals surface area (Å²) in [4.78, 5) is 5.40. The minimum Gasteiger partial charge on any atom is -0.762 e. The van der Waals surface area contributed by atoms with Crippen molar-refractivity contribution in [2.75, 3.05) is 6.54 Å². The van der Waals surface area contributed by atoms with E-state index in [1.807, 2.05) is 11.4 Å². The number of rotatable bonds is 4. The normalized spacial score (nSPS) is 17.9. The quantitative estimate of drug-likeness (QED) is 0.609. The Kier molecular flexibility index (Phi) is 6.98. The molecule has 3 rings (SSSR count). The number of thiophene rings is 2. The van der Waals surface area contributed by atoms with Gasteiger partial charge < -0.3 is 16.2 Å². The average Bonchev–Trinajstić information content (AvgIpc) is 3.43. The third-order valence-electron chi connectivity index (χ3n) is 3.67. The van der Waals surface area contributed by atoms with Gasteiger partial charge in [0, 0.05) is 10.5 Å². The molecule has 0 radical (unpaired) electrons. The number of allylic oxidation sites excluding steroid dienone is 2. The monoisotopic (exact) mass is 395 g/mol. The highest BCUT2D eigenvalue weighted by molar-refractivity contribution is 7.11. The van der Waals surface area contributed by atoms with Crippen LogP contribution in [-0.4, -0.2) is 23.2 Å². The molecule has 136 valence electrons. The second-order valence-corrected chi connectivity index (χ2v) is 7.30. The van der Waals surface area contributed by atoms with E-state index in [1.165, 1.54) is 29.1 Å². The minimum absolute atomic E-state index is 0.0569. The Bertz CT molecular complexity index is 982. The summed E-state index contributed by atoms with van der Waals surface area (Å²) in [5.74, 6) is 1.74. The van der Waals surface area contributed by atoms with Gasteiger partial charge in [0.25, 0.3) is 0 Å². The molecular weight excluding hydrogens is 378 g/mol. The van der Waals surface area contributed by atoms with Crippen LogP contribution in [0.15, 0.2) is 51.2 Å². The molecule has 0 bridgehead atoms. The summed E-state index contributed by atoms with van der Waals surface area (Å²) < 4.78 is 0. The first kappa shape index (κ1) is 20.5. The summed E-state index contributed by atoms with van der Waals surface area (Å²) in [6, 6.07) is 10.8. The molecule has 4 N–H and O–H groups in total. The zero-order chi connectivity index (χ0) is 19.9. The highest BCUT2D eigenvalue weighted by atomic mass is 32.1. The van der Waals surface area contributed by atoms with Gasteiger partial charge in [0.05, 0.1) is 22.6 Å². The van der Waals surface area contributed by atoms with Gasteiger partial charge in [0.1, 0.15) is 17.9 Å². The Hall–Kier alpha value is -2.84. The molecule has 0 saturated heterocycles. The summed E-state index contributed by atoms with van der Waals surface area (Å²) in [7, 11) is 0. The molecule has 8 heteroatoms. The lowest BCUT2D eigenvalue weighted by molar-refractivity contribution is -0.367. The molecule has 0 aliphatic carbocycles. The number of quaternary nitrogens is 1. The fourth-order valence-corrected chi connectivity index (χ4v) is 3.95. The third-order valence-corrected chi connectivity index (χ3v) is 5.52. The maximum absolute atomic E-state index is 11.2. The van der Waals surface area contributed by atoms with Crippen molar-refractivity contribution in [1.82, 2.24) is 0 Å². The standard InChI is InChI=1S/C16H7N4OS2.C3H9N/c17-7-10(8-18)15-11(9-19)14(12-3-1-5-22-12)16(21,20-15)13-4-2-6-23-13;1-2-3-4/h1-6,21H;2-4H2,1H3/q-1;/p+1. The maximum atomic E-state index is 11.2. The Morgan fingerprint density at radius 2 is 1.96 bits per heavy atom. The first-order chi connectivity index (χ1) is 13.1. The molecule has 0 aromatic carbocycles. The van der Waals surface area contributed by atoms with Gasteiger partial charge in [-0.25, -0.2) is 10.9 Å². The first-order valence-electron chi connectivity index (χ1n) is 8.09. The molecule has 0 fully saturated rings. The molecule has 1 unspecified atom stereocenters. The van der Waals surface area contributed by atoms with Crippen molar-refractivity contribution in [3.05, 3.63) is 61.3 Å². The largest absolute Gasteiger partial charge is 0.762 e. The van der Waals surface area contributed by atoms with Gasteiger partial charge in [-0.1, -0.05) is 19.1 Å². The number of hydrogen-bond donors (Lipinski definition) is 2. The van der Waals surface area contributed by atoms with Crippen molar-refractivity contribution in [3.8, 4) is 12.1 Å². The summed E-state index contributed by atoms with van der Waals surface area (Å²) in [6.07, 6.45) is 1.21. The first-order valence-corrected chi connectivity index (χ1v) is 9.85. The fraction of sp³-hybridized carbons (Fsp3) is 0.211. The molecule has 1 aliphatic heterocycles. The van der Waals surface area contributed by atoms with E-state index in [9.17, 15) is 10.4 Å². The van der Waals surface area contributed by atoms with Crippen molar-refractivity contribution in [3.63, 3.8) is 0 Å². The Balaban J connectivity index is 0.000000596. The highest BCUT2D eigenvalue weighted by Crippen LogP contribution is 2.47. The topological polar surface area (TPSA) is 130 Å². The van der Waals surface area contributed by atoms with E-state index >= 15 is 0 Å². The van der Waals surface area contributed by atoms with Crippen LogP contribution in [0.2, 0.25) is 0 Å². The van der Waals surface area contributed by atoms with Crippen molar-refractivity contribution in [2.45, 2.75) is 19.1 Å². The third kappa shape index (κ3) is 3.96. The van der Waals surface area contributed by atoms with Crippen LogP contribution in [0.4, 0.5) is 0 Å². The van der Waals surface area contributed by atoms with Crippen LogP contribution in [0, 0.1) is 22.7 Å². The van der Waals surface area contributed by atoms with Gasteiger partial charge in [-0.3, -0.25) is 0 Å². The SMILES string of the molecule is CCC[NH3+].N#CC(=C=[N-])C1=NC(O)(c2cccs2)C(c2cccs2)=C1C#N. The Morgan fingerprint density at radius 1 is 1.30 bits per heavy atom. The van der Waals surface area contributed by atoms with Crippen LogP contribution in [0.25, 0.3) is 11.0 Å². The molecule has 2 aromatic rings. The average molecular weight is 396 g/mol. The molecule has 0 saturated carbocycles. The molecule has 3 heterocycles. The number of aliphatic hydroxyl groups is 1.